The standard InChI is InChI=1S/C10H21NO/c1-8(2)9-4-5-11-10(3,6-9)7-12/h8-9,11-12H,4-7H2,1-3H3. The summed E-state index contributed by atoms with van der Waals surface area (Å²) >= 11 is 0. The van der Waals surface area contributed by atoms with Crippen molar-refractivity contribution in [1.82, 2.24) is 5.32 Å². The quantitative estimate of drug-likeness (QED) is 0.658. The highest BCUT2D eigenvalue weighted by Gasteiger charge is 2.32. The molecule has 72 valence electrons. The van der Waals surface area contributed by atoms with E-state index in [1.54, 1.807) is 0 Å². The molecule has 1 rings (SSSR count). The molecule has 0 amide bonds. The summed E-state index contributed by atoms with van der Waals surface area (Å²) in [6, 6.07) is 0. The van der Waals surface area contributed by atoms with Crippen LogP contribution in [0.2, 0.25) is 0 Å². The van der Waals surface area contributed by atoms with Crippen molar-refractivity contribution in [3.05, 3.63) is 0 Å². The number of hydrogen-bond acceptors (Lipinski definition) is 2. The van der Waals surface area contributed by atoms with Crippen molar-refractivity contribution in [2.45, 2.75) is 39.2 Å². The Balaban J connectivity index is 2.51. The van der Waals surface area contributed by atoms with Crippen molar-refractivity contribution in [2.24, 2.45) is 11.8 Å². The van der Waals surface area contributed by atoms with Gasteiger partial charge in [-0.2, -0.15) is 0 Å². The van der Waals surface area contributed by atoms with E-state index >= 15 is 0 Å². The normalized spacial score (nSPS) is 37.2. The molecule has 0 aromatic carbocycles. The minimum absolute atomic E-state index is 0.0206. The number of aliphatic hydroxyl groups excluding tert-OH is 1. The van der Waals surface area contributed by atoms with Gasteiger partial charge in [-0.1, -0.05) is 13.8 Å². The highest BCUT2D eigenvalue weighted by molar-refractivity contribution is 4.90. The lowest BCUT2D eigenvalue weighted by Crippen LogP contribution is -2.52. The molecular formula is C10H21NO. The zero-order valence-corrected chi connectivity index (χ0v) is 8.43. The van der Waals surface area contributed by atoms with Gasteiger partial charge in [0.25, 0.3) is 0 Å². The highest BCUT2D eigenvalue weighted by atomic mass is 16.3. The third-order valence-electron chi connectivity index (χ3n) is 3.07. The van der Waals surface area contributed by atoms with Gasteiger partial charge >= 0.3 is 0 Å². The lowest BCUT2D eigenvalue weighted by Gasteiger charge is -2.39. The fraction of sp³-hybridized carbons (Fsp3) is 1.00. The fourth-order valence-corrected chi connectivity index (χ4v) is 2.00. The van der Waals surface area contributed by atoms with Crippen molar-refractivity contribution in [3.8, 4) is 0 Å². The average Bonchev–Trinajstić information content (AvgIpc) is 2.05. The van der Waals surface area contributed by atoms with Crippen LogP contribution in [0.25, 0.3) is 0 Å². The van der Waals surface area contributed by atoms with Gasteiger partial charge in [0.2, 0.25) is 0 Å². The minimum atomic E-state index is -0.0206. The summed E-state index contributed by atoms with van der Waals surface area (Å²) in [4.78, 5) is 0. The molecule has 1 heterocycles. The van der Waals surface area contributed by atoms with E-state index in [2.05, 4.69) is 26.1 Å². The molecule has 0 radical (unpaired) electrons. The molecule has 1 fully saturated rings. The third kappa shape index (κ3) is 2.20. The van der Waals surface area contributed by atoms with Gasteiger partial charge in [0, 0.05) is 5.54 Å². The topological polar surface area (TPSA) is 32.3 Å². The summed E-state index contributed by atoms with van der Waals surface area (Å²) in [5, 5.41) is 12.6. The maximum Gasteiger partial charge on any atom is 0.0610 e. The van der Waals surface area contributed by atoms with Gasteiger partial charge in [-0.15, -0.1) is 0 Å². The summed E-state index contributed by atoms with van der Waals surface area (Å²) in [6.45, 7) is 7.97. The van der Waals surface area contributed by atoms with Crippen LogP contribution in [0.1, 0.15) is 33.6 Å². The van der Waals surface area contributed by atoms with Crippen LogP contribution in [-0.4, -0.2) is 23.8 Å². The summed E-state index contributed by atoms with van der Waals surface area (Å²) < 4.78 is 0. The van der Waals surface area contributed by atoms with Gasteiger partial charge in [0.1, 0.15) is 0 Å². The Labute approximate surface area is 75.4 Å². The van der Waals surface area contributed by atoms with E-state index in [4.69, 9.17) is 0 Å². The van der Waals surface area contributed by atoms with Crippen LogP contribution < -0.4 is 5.32 Å². The number of rotatable bonds is 2. The van der Waals surface area contributed by atoms with E-state index < -0.39 is 0 Å². The van der Waals surface area contributed by atoms with Gasteiger partial charge in [0.05, 0.1) is 6.61 Å². The van der Waals surface area contributed by atoms with Crippen molar-refractivity contribution < 1.29 is 5.11 Å². The smallest absolute Gasteiger partial charge is 0.0610 e. The van der Waals surface area contributed by atoms with E-state index in [9.17, 15) is 5.11 Å². The molecule has 0 spiro atoms. The van der Waals surface area contributed by atoms with Gasteiger partial charge in [0.15, 0.2) is 0 Å². The summed E-state index contributed by atoms with van der Waals surface area (Å²) in [6.07, 6.45) is 2.37. The fourth-order valence-electron chi connectivity index (χ4n) is 2.00. The first kappa shape index (κ1) is 10.0. The van der Waals surface area contributed by atoms with Crippen LogP contribution in [0.15, 0.2) is 0 Å². The molecular weight excluding hydrogens is 150 g/mol. The molecule has 0 aliphatic carbocycles. The van der Waals surface area contributed by atoms with Crippen LogP contribution in [0.4, 0.5) is 0 Å². The largest absolute Gasteiger partial charge is 0.394 e. The van der Waals surface area contributed by atoms with E-state index in [1.807, 2.05) is 0 Å². The monoisotopic (exact) mass is 171 g/mol. The minimum Gasteiger partial charge on any atom is -0.394 e. The molecule has 1 saturated heterocycles. The Bertz CT molecular complexity index is 147. The lowest BCUT2D eigenvalue weighted by atomic mass is 9.78. The zero-order chi connectivity index (χ0) is 9.19. The first-order valence-corrected chi connectivity index (χ1v) is 4.93. The van der Waals surface area contributed by atoms with Gasteiger partial charge in [-0.05, 0) is 38.1 Å². The Morgan fingerprint density at radius 1 is 1.58 bits per heavy atom. The second-order valence-corrected chi connectivity index (χ2v) is 4.64. The highest BCUT2D eigenvalue weighted by Crippen LogP contribution is 2.29. The molecule has 2 N–H and O–H groups in total. The molecule has 0 bridgehead atoms. The van der Waals surface area contributed by atoms with Crippen LogP contribution in [0.3, 0.4) is 0 Å². The summed E-state index contributed by atoms with van der Waals surface area (Å²) in [5.41, 5.74) is -0.0206. The molecule has 12 heavy (non-hydrogen) atoms. The molecule has 2 atom stereocenters. The first-order chi connectivity index (χ1) is 5.57. The third-order valence-corrected chi connectivity index (χ3v) is 3.07. The number of piperidine rings is 1. The predicted octanol–water partition coefficient (Wildman–Crippen LogP) is 1.39. The molecule has 2 heteroatoms. The van der Waals surface area contributed by atoms with Crippen molar-refractivity contribution in [2.75, 3.05) is 13.2 Å². The second-order valence-electron chi connectivity index (χ2n) is 4.64. The van der Waals surface area contributed by atoms with Gasteiger partial charge < -0.3 is 10.4 Å². The lowest BCUT2D eigenvalue weighted by molar-refractivity contribution is 0.104. The number of aliphatic hydroxyl groups is 1. The Morgan fingerprint density at radius 2 is 2.25 bits per heavy atom. The van der Waals surface area contributed by atoms with Crippen LogP contribution in [0, 0.1) is 11.8 Å². The van der Waals surface area contributed by atoms with E-state index in [1.165, 1.54) is 6.42 Å². The average molecular weight is 171 g/mol. The van der Waals surface area contributed by atoms with E-state index in [0.717, 1.165) is 24.8 Å². The Hall–Kier alpha value is -0.0800. The van der Waals surface area contributed by atoms with E-state index in [-0.39, 0.29) is 12.1 Å². The van der Waals surface area contributed by atoms with Crippen molar-refractivity contribution in [3.63, 3.8) is 0 Å². The molecule has 2 nitrogen and oxygen atoms in total. The maximum absolute atomic E-state index is 9.19. The molecule has 2 unspecified atom stereocenters. The molecule has 1 aliphatic rings. The van der Waals surface area contributed by atoms with Gasteiger partial charge in [-0.3, -0.25) is 0 Å². The zero-order valence-electron chi connectivity index (χ0n) is 8.43. The molecule has 1 aliphatic heterocycles. The van der Waals surface area contributed by atoms with E-state index in [0.29, 0.717) is 0 Å². The molecule has 0 aromatic heterocycles. The van der Waals surface area contributed by atoms with Crippen LogP contribution in [-0.2, 0) is 0 Å². The van der Waals surface area contributed by atoms with Crippen LogP contribution >= 0.6 is 0 Å². The number of hydrogen-bond donors (Lipinski definition) is 2. The molecule has 0 aromatic rings. The van der Waals surface area contributed by atoms with Gasteiger partial charge in [-0.25, -0.2) is 0 Å². The SMILES string of the molecule is CC(C)C1CCNC(C)(CO)C1. The summed E-state index contributed by atoms with van der Waals surface area (Å²) in [7, 11) is 0. The van der Waals surface area contributed by atoms with Crippen molar-refractivity contribution >= 4 is 0 Å². The first-order valence-electron chi connectivity index (χ1n) is 4.93. The molecule has 0 saturated carbocycles. The Morgan fingerprint density at radius 3 is 2.75 bits per heavy atom. The number of nitrogens with one attached hydrogen (secondary N) is 1. The van der Waals surface area contributed by atoms with Crippen molar-refractivity contribution in [1.29, 1.82) is 0 Å². The Kier molecular flexibility index (Phi) is 3.13. The predicted molar refractivity (Wildman–Crippen MR) is 51.1 cm³/mol. The summed E-state index contributed by atoms with van der Waals surface area (Å²) in [5.74, 6) is 1.53. The maximum atomic E-state index is 9.19. The second kappa shape index (κ2) is 3.75. The van der Waals surface area contributed by atoms with Crippen LogP contribution in [0.5, 0.6) is 0 Å².